The van der Waals surface area contributed by atoms with Gasteiger partial charge in [0.1, 0.15) is 18.2 Å². The Morgan fingerprint density at radius 2 is 1.88 bits per heavy atom. The number of halogens is 2. The Bertz CT molecular complexity index is 610. The summed E-state index contributed by atoms with van der Waals surface area (Å²) < 4.78 is 24.6. The molecular weight excluding hydrogens is 448 g/mol. The molecule has 7 heteroatoms. The maximum absolute atomic E-state index is 12.9. The van der Waals surface area contributed by atoms with Crippen LogP contribution in [0.5, 0.6) is 5.75 Å². The van der Waals surface area contributed by atoms with E-state index in [9.17, 15) is 4.39 Å². The third-order valence-corrected chi connectivity index (χ3v) is 5.52. The lowest BCUT2D eigenvalue weighted by Crippen LogP contribution is -2.41. The molecule has 4 atom stereocenters. The van der Waals surface area contributed by atoms with Gasteiger partial charge in [-0.25, -0.2) is 9.38 Å². The fourth-order valence-electron chi connectivity index (χ4n) is 4.40. The lowest BCUT2D eigenvalue weighted by Gasteiger charge is -2.23. The van der Waals surface area contributed by atoms with E-state index < -0.39 is 0 Å². The van der Waals surface area contributed by atoms with Crippen molar-refractivity contribution in [1.29, 1.82) is 0 Å². The summed E-state index contributed by atoms with van der Waals surface area (Å²) in [5, 5.41) is 3.40. The van der Waals surface area contributed by atoms with Gasteiger partial charge in [0.15, 0.2) is 5.96 Å². The van der Waals surface area contributed by atoms with E-state index in [1.54, 1.807) is 12.1 Å². The fourth-order valence-corrected chi connectivity index (χ4v) is 4.40. The highest BCUT2D eigenvalue weighted by molar-refractivity contribution is 14.0. The van der Waals surface area contributed by atoms with Crippen LogP contribution < -0.4 is 10.1 Å². The number of nitrogens with zero attached hydrogens (tertiary/aromatic N) is 2. The molecule has 0 aromatic heterocycles. The molecule has 5 nitrogen and oxygen atoms in total. The largest absolute Gasteiger partial charge is 0.492 e. The molecule has 1 N–H and O–H groups in total. The molecule has 1 aromatic carbocycles. The van der Waals surface area contributed by atoms with Crippen LogP contribution in [0.25, 0.3) is 0 Å². The molecule has 1 aromatic rings. The van der Waals surface area contributed by atoms with Crippen molar-refractivity contribution in [3.8, 4) is 5.75 Å². The molecule has 3 fully saturated rings. The zero-order valence-electron chi connectivity index (χ0n) is 15.1. The first kappa shape index (κ1) is 19.7. The van der Waals surface area contributed by atoms with Gasteiger partial charge in [-0.15, -0.1) is 24.0 Å². The Labute approximate surface area is 171 Å². The molecule has 0 spiro atoms. The molecule has 3 heterocycles. The monoisotopic (exact) mass is 475 g/mol. The molecule has 0 amide bonds. The summed E-state index contributed by atoms with van der Waals surface area (Å²) in [6.07, 6.45) is 3.37. The van der Waals surface area contributed by atoms with Crippen molar-refractivity contribution in [2.45, 2.75) is 32.0 Å². The second-order valence-corrected chi connectivity index (χ2v) is 7.06. The zero-order chi connectivity index (χ0) is 17.2. The third-order valence-electron chi connectivity index (χ3n) is 5.52. The SMILES string of the molecule is CCNC(=NCCOc1ccc(F)cc1)N1CC2C3CCC(O3)C2C1.I. The van der Waals surface area contributed by atoms with Crippen LogP contribution in [0.4, 0.5) is 4.39 Å². The summed E-state index contributed by atoms with van der Waals surface area (Å²) in [7, 11) is 0. The van der Waals surface area contributed by atoms with E-state index in [0.717, 1.165) is 25.6 Å². The highest BCUT2D eigenvalue weighted by atomic mass is 127. The number of hydrogen-bond donors (Lipinski definition) is 1. The average Bonchev–Trinajstić information content (AvgIpc) is 3.32. The molecule has 0 aliphatic carbocycles. The Hall–Kier alpha value is -1.09. The third kappa shape index (κ3) is 4.08. The van der Waals surface area contributed by atoms with E-state index in [1.165, 1.54) is 25.0 Å². The van der Waals surface area contributed by atoms with Crippen LogP contribution in [0.15, 0.2) is 29.3 Å². The van der Waals surface area contributed by atoms with Crippen LogP contribution in [-0.2, 0) is 4.74 Å². The van der Waals surface area contributed by atoms with E-state index in [0.29, 0.717) is 42.9 Å². The Morgan fingerprint density at radius 1 is 1.23 bits per heavy atom. The van der Waals surface area contributed by atoms with Crippen molar-refractivity contribution in [2.24, 2.45) is 16.8 Å². The van der Waals surface area contributed by atoms with Crippen LogP contribution in [0.2, 0.25) is 0 Å². The minimum atomic E-state index is -0.252. The summed E-state index contributed by atoms with van der Waals surface area (Å²) >= 11 is 0. The van der Waals surface area contributed by atoms with Crippen molar-refractivity contribution < 1.29 is 13.9 Å². The quantitative estimate of drug-likeness (QED) is 0.308. The first-order valence-corrected chi connectivity index (χ1v) is 9.31. The molecule has 3 aliphatic heterocycles. The predicted octanol–water partition coefficient (Wildman–Crippen LogP) is 2.90. The van der Waals surface area contributed by atoms with Crippen LogP contribution in [0.1, 0.15) is 19.8 Å². The summed E-state index contributed by atoms with van der Waals surface area (Å²) in [5.41, 5.74) is 0. The van der Waals surface area contributed by atoms with E-state index in [1.807, 2.05) is 0 Å². The number of hydrogen-bond acceptors (Lipinski definition) is 3. The number of nitrogens with one attached hydrogen (secondary N) is 1. The molecule has 4 unspecified atom stereocenters. The van der Waals surface area contributed by atoms with Gasteiger partial charge in [-0.3, -0.25) is 0 Å². The van der Waals surface area contributed by atoms with Crippen LogP contribution in [-0.4, -0.2) is 55.9 Å². The number of rotatable bonds is 5. The number of fused-ring (bicyclic) bond motifs is 5. The molecule has 3 aliphatic rings. The lowest BCUT2D eigenvalue weighted by atomic mass is 9.82. The van der Waals surface area contributed by atoms with Crippen LogP contribution >= 0.6 is 24.0 Å². The molecule has 26 heavy (non-hydrogen) atoms. The Balaban J connectivity index is 0.00000196. The van der Waals surface area contributed by atoms with Crippen molar-refractivity contribution in [1.82, 2.24) is 10.2 Å². The number of guanidine groups is 1. The van der Waals surface area contributed by atoms with Crippen molar-refractivity contribution in [3.63, 3.8) is 0 Å². The summed E-state index contributed by atoms with van der Waals surface area (Å²) in [5.74, 6) is 2.72. The van der Waals surface area contributed by atoms with E-state index >= 15 is 0 Å². The molecule has 2 bridgehead atoms. The van der Waals surface area contributed by atoms with E-state index in [2.05, 4.69) is 17.1 Å². The van der Waals surface area contributed by atoms with Crippen LogP contribution in [0, 0.1) is 17.7 Å². The predicted molar refractivity (Wildman–Crippen MR) is 110 cm³/mol. The average molecular weight is 475 g/mol. The van der Waals surface area contributed by atoms with Gasteiger partial charge in [-0.05, 0) is 44.0 Å². The van der Waals surface area contributed by atoms with Crippen molar-refractivity contribution in [3.05, 3.63) is 30.1 Å². The maximum Gasteiger partial charge on any atom is 0.194 e. The van der Waals surface area contributed by atoms with Gasteiger partial charge in [0.25, 0.3) is 0 Å². The van der Waals surface area contributed by atoms with E-state index in [4.69, 9.17) is 14.5 Å². The van der Waals surface area contributed by atoms with Gasteiger partial charge < -0.3 is 19.7 Å². The number of ether oxygens (including phenoxy) is 2. The van der Waals surface area contributed by atoms with Gasteiger partial charge in [-0.1, -0.05) is 0 Å². The highest BCUT2D eigenvalue weighted by Crippen LogP contribution is 2.47. The zero-order valence-corrected chi connectivity index (χ0v) is 17.4. The fraction of sp³-hybridized carbons (Fsp3) is 0.632. The maximum atomic E-state index is 12.9. The number of aliphatic imine (C=N–C) groups is 1. The van der Waals surface area contributed by atoms with Gasteiger partial charge in [0.2, 0.25) is 0 Å². The second-order valence-electron chi connectivity index (χ2n) is 7.06. The number of likely N-dealkylation sites (tertiary alicyclic amines) is 1. The molecule has 0 radical (unpaired) electrons. The van der Waals surface area contributed by atoms with Crippen LogP contribution in [0.3, 0.4) is 0 Å². The van der Waals surface area contributed by atoms with Gasteiger partial charge in [0.05, 0.1) is 18.8 Å². The number of benzene rings is 1. The summed E-state index contributed by atoms with van der Waals surface area (Å²) in [6.45, 7) is 6.08. The molecule has 4 rings (SSSR count). The normalized spacial score (nSPS) is 29.5. The summed E-state index contributed by atoms with van der Waals surface area (Å²) in [4.78, 5) is 7.10. The Morgan fingerprint density at radius 3 is 2.50 bits per heavy atom. The lowest BCUT2D eigenvalue weighted by molar-refractivity contribution is 0.0767. The second kappa shape index (κ2) is 8.73. The summed E-state index contributed by atoms with van der Waals surface area (Å²) in [6, 6.07) is 6.09. The first-order chi connectivity index (χ1) is 12.2. The van der Waals surface area contributed by atoms with Crippen molar-refractivity contribution in [2.75, 3.05) is 32.8 Å². The van der Waals surface area contributed by atoms with Crippen molar-refractivity contribution >= 4 is 29.9 Å². The molecular formula is C19H27FIN3O2. The van der Waals surface area contributed by atoms with Gasteiger partial charge in [0, 0.05) is 31.5 Å². The molecule has 0 saturated carbocycles. The van der Waals surface area contributed by atoms with Gasteiger partial charge >= 0.3 is 0 Å². The minimum absolute atomic E-state index is 0. The van der Waals surface area contributed by atoms with Gasteiger partial charge in [-0.2, -0.15) is 0 Å². The minimum Gasteiger partial charge on any atom is -0.492 e. The smallest absolute Gasteiger partial charge is 0.194 e. The highest BCUT2D eigenvalue weighted by Gasteiger charge is 2.53. The van der Waals surface area contributed by atoms with E-state index in [-0.39, 0.29) is 29.8 Å². The molecule has 3 saturated heterocycles. The first-order valence-electron chi connectivity index (χ1n) is 9.31. The standard InChI is InChI=1S/C19H26FN3O2.HI/c1-2-21-19(22-9-10-24-14-5-3-13(20)4-6-14)23-11-15-16(12-23)18-8-7-17(15)25-18;/h3-6,15-18H,2,7-12H2,1H3,(H,21,22);1H. The Kier molecular flexibility index (Phi) is 6.60. The topological polar surface area (TPSA) is 46.1 Å². The molecule has 144 valence electrons.